The van der Waals surface area contributed by atoms with E-state index in [1.807, 2.05) is 21.7 Å². The number of carbonyl (C=O) groups excluding carboxylic acids is 1. The van der Waals surface area contributed by atoms with Crippen LogP contribution in [-0.2, 0) is 4.79 Å². The van der Waals surface area contributed by atoms with Crippen LogP contribution in [0.2, 0.25) is 0 Å². The number of rotatable bonds is 8. The molecule has 0 spiro atoms. The Bertz CT molecular complexity index is 885. The summed E-state index contributed by atoms with van der Waals surface area (Å²) < 4.78 is 24.0. The Morgan fingerprint density at radius 3 is 2.67 bits per heavy atom. The first-order chi connectivity index (χ1) is 14.5. The predicted octanol–water partition coefficient (Wildman–Crippen LogP) is 2.04. The first-order valence-electron chi connectivity index (χ1n) is 9.93. The molecule has 1 amide bonds. The molecule has 9 heteroatoms. The van der Waals surface area contributed by atoms with Crippen LogP contribution in [0.15, 0.2) is 28.7 Å². The van der Waals surface area contributed by atoms with Crippen LogP contribution in [0.1, 0.15) is 18.0 Å². The molecule has 2 aromatic rings. The smallest absolute Gasteiger partial charge is 0.236 e. The zero-order valence-electron chi connectivity index (χ0n) is 17.3. The fourth-order valence-electron chi connectivity index (χ4n) is 3.33. The van der Waals surface area contributed by atoms with Gasteiger partial charge in [-0.2, -0.15) is 5.26 Å². The van der Waals surface area contributed by atoms with Gasteiger partial charge in [0.25, 0.3) is 0 Å². The van der Waals surface area contributed by atoms with E-state index in [0.717, 1.165) is 13.0 Å². The van der Waals surface area contributed by atoms with Crippen LogP contribution in [-0.4, -0.2) is 73.6 Å². The van der Waals surface area contributed by atoms with Gasteiger partial charge in [0.05, 0.1) is 13.2 Å². The number of piperazine rings is 1. The maximum absolute atomic E-state index is 12.9. The zero-order chi connectivity index (χ0) is 21.5. The van der Waals surface area contributed by atoms with Crippen LogP contribution in [0.4, 0.5) is 10.3 Å². The topological polar surface area (TPSA) is 85.8 Å². The van der Waals surface area contributed by atoms with E-state index in [4.69, 9.17) is 9.15 Å². The van der Waals surface area contributed by atoms with Gasteiger partial charge < -0.3 is 19.0 Å². The van der Waals surface area contributed by atoms with Gasteiger partial charge in [-0.25, -0.2) is 9.37 Å². The number of amides is 1. The van der Waals surface area contributed by atoms with E-state index in [0.29, 0.717) is 56.9 Å². The second-order valence-electron chi connectivity index (χ2n) is 7.26. The highest BCUT2D eigenvalue weighted by Gasteiger charge is 2.26. The number of aryl methyl sites for hydroxylation is 1. The lowest BCUT2D eigenvalue weighted by Crippen LogP contribution is -2.51. The predicted molar refractivity (Wildman–Crippen MR) is 109 cm³/mol. The summed E-state index contributed by atoms with van der Waals surface area (Å²) in [5, 5.41) is 9.17. The Labute approximate surface area is 175 Å². The molecule has 3 rings (SSSR count). The van der Waals surface area contributed by atoms with Gasteiger partial charge in [0.15, 0.2) is 5.89 Å². The molecule has 1 aromatic heterocycles. The number of anilines is 1. The number of nitrogens with zero attached hydrogens (tertiary/aromatic N) is 5. The third kappa shape index (κ3) is 5.70. The van der Waals surface area contributed by atoms with Gasteiger partial charge in [-0.15, -0.1) is 0 Å². The second-order valence-corrected chi connectivity index (χ2v) is 7.26. The summed E-state index contributed by atoms with van der Waals surface area (Å²) in [6.45, 7) is 5.62. The van der Waals surface area contributed by atoms with E-state index in [9.17, 15) is 14.4 Å². The van der Waals surface area contributed by atoms with Crippen LogP contribution in [0, 0.1) is 24.1 Å². The van der Waals surface area contributed by atoms with Crippen molar-refractivity contribution in [2.45, 2.75) is 13.3 Å². The lowest BCUT2D eigenvalue weighted by molar-refractivity contribution is -0.132. The summed E-state index contributed by atoms with van der Waals surface area (Å²) in [6.07, 6.45) is 0.761. The molecule has 0 aliphatic carbocycles. The minimum Gasteiger partial charge on any atom is -0.494 e. The number of ether oxygens (including phenoxy) is 1. The Balaban J connectivity index is 1.36. The summed E-state index contributed by atoms with van der Waals surface area (Å²) in [5.41, 5.74) is 0.287. The van der Waals surface area contributed by atoms with E-state index >= 15 is 0 Å². The van der Waals surface area contributed by atoms with Crippen LogP contribution in [0.3, 0.4) is 0 Å². The molecule has 0 N–H and O–H groups in total. The Morgan fingerprint density at radius 1 is 1.30 bits per heavy atom. The Kier molecular flexibility index (Phi) is 7.25. The van der Waals surface area contributed by atoms with Crippen molar-refractivity contribution in [3.8, 4) is 11.8 Å². The number of benzene rings is 1. The van der Waals surface area contributed by atoms with Gasteiger partial charge in [-0.1, -0.05) is 0 Å². The number of likely N-dealkylation sites (N-methyl/N-ethyl adjacent to an activating group) is 1. The lowest BCUT2D eigenvalue weighted by atomic mass is 10.3. The largest absolute Gasteiger partial charge is 0.494 e. The van der Waals surface area contributed by atoms with Crippen molar-refractivity contribution in [2.75, 3.05) is 57.8 Å². The number of halogens is 1. The number of hydrogen-bond acceptors (Lipinski definition) is 7. The summed E-state index contributed by atoms with van der Waals surface area (Å²) in [6, 6.07) is 7.98. The van der Waals surface area contributed by atoms with Gasteiger partial charge in [0, 0.05) is 39.6 Å². The van der Waals surface area contributed by atoms with Crippen molar-refractivity contribution >= 4 is 11.8 Å². The third-order valence-electron chi connectivity index (χ3n) is 4.91. The van der Waals surface area contributed by atoms with Crippen molar-refractivity contribution < 1.29 is 18.3 Å². The van der Waals surface area contributed by atoms with E-state index in [1.54, 1.807) is 19.1 Å². The van der Waals surface area contributed by atoms with Gasteiger partial charge in [0.1, 0.15) is 17.6 Å². The minimum absolute atomic E-state index is 0.0749. The maximum Gasteiger partial charge on any atom is 0.236 e. The summed E-state index contributed by atoms with van der Waals surface area (Å²) >= 11 is 0. The highest BCUT2D eigenvalue weighted by molar-refractivity contribution is 5.78. The number of carbonyl (C=O) groups is 1. The molecule has 8 nitrogen and oxygen atoms in total. The summed E-state index contributed by atoms with van der Waals surface area (Å²) in [5.74, 6) is 1.37. The Morgan fingerprint density at radius 2 is 2.00 bits per heavy atom. The molecule has 0 atom stereocenters. The standard InChI is InChI=1S/C21H26FN5O3/c1-16-24-19(14-23)21(30-16)27-11-9-26(10-12-27)20(28)15-25(2)8-3-13-29-18-6-4-17(22)5-7-18/h4-7H,3,8-13,15H2,1-2H3. The van der Waals surface area contributed by atoms with E-state index in [1.165, 1.54) is 12.1 Å². The monoisotopic (exact) mass is 415 g/mol. The molecule has 1 aliphatic rings. The van der Waals surface area contributed by atoms with E-state index in [2.05, 4.69) is 11.1 Å². The first kappa shape index (κ1) is 21.6. The number of hydrogen-bond donors (Lipinski definition) is 0. The minimum atomic E-state index is -0.289. The highest BCUT2D eigenvalue weighted by Crippen LogP contribution is 2.22. The van der Waals surface area contributed by atoms with Crippen LogP contribution in [0.25, 0.3) is 0 Å². The van der Waals surface area contributed by atoms with Gasteiger partial charge in [0.2, 0.25) is 17.5 Å². The molecule has 30 heavy (non-hydrogen) atoms. The molecule has 2 heterocycles. The first-order valence-corrected chi connectivity index (χ1v) is 9.93. The fraction of sp³-hybridized carbons (Fsp3) is 0.476. The molecular weight excluding hydrogens is 389 g/mol. The van der Waals surface area contributed by atoms with Crippen molar-refractivity contribution in [3.05, 3.63) is 41.7 Å². The van der Waals surface area contributed by atoms with Gasteiger partial charge in [-0.05, 0) is 37.7 Å². The number of nitriles is 1. The van der Waals surface area contributed by atoms with Gasteiger partial charge >= 0.3 is 0 Å². The molecular formula is C21H26FN5O3. The number of aromatic nitrogens is 1. The molecule has 1 saturated heterocycles. The van der Waals surface area contributed by atoms with E-state index < -0.39 is 0 Å². The summed E-state index contributed by atoms with van der Waals surface area (Å²) in [4.78, 5) is 22.4. The van der Waals surface area contributed by atoms with E-state index in [-0.39, 0.29) is 17.4 Å². The molecule has 1 fully saturated rings. The normalized spacial score (nSPS) is 14.1. The molecule has 1 aliphatic heterocycles. The van der Waals surface area contributed by atoms with Crippen molar-refractivity contribution in [1.29, 1.82) is 5.26 Å². The molecule has 0 bridgehead atoms. The van der Waals surface area contributed by atoms with Crippen LogP contribution in [0.5, 0.6) is 5.75 Å². The molecule has 0 radical (unpaired) electrons. The van der Waals surface area contributed by atoms with Crippen LogP contribution < -0.4 is 9.64 Å². The average molecular weight is 415 g/mol. The van der Waals surface area contributed by atoms with Crippen molar-refractivity contribution in [1.82, 2.24) is 14.8 Å². The average Bonchev–Trinajstić information content (AvgIpc) is 3.13. The highest BCUT2D eigenvalue weighted by atomic mass is 19.1. The van der Waals surface area contributed by atoms with Crippen molar-refractivity contribution in [3.63, 3.8) is 0 Å². The Hall–Kier alpha value is -3.12. The second kappa shape index (κ2) is 10.1. The SMILES string of the molecule is Cc1nc(C#N)c(N2CCN(C(=O)CN(C)CCCOc3ccc(F)cc3)CC2)o1. The van der Waals surface area contributed by atoms with Gasteiger partial charge in [-0.3, -0.25) is 9.69 Å². The maximum atomic E-state index is 12.9. The van der Waals surface area contributed by atoms with Crippen LogP contribution >= 0.6 is 0 Å². The zero-order valence-corrected chi connectivity index (χ0v) is 17.3. The quantitative estimate of drug-likeness (QED) is 0.610. The lowest BCUT2D eigenvalue weighted by Gasteiger charge is -2.35. The molecule has 160 valence electrons. The fourth-order valence-corrected chi connectivity index (χ4v) is 3.33. The molecule has 0 unspecified atom stereocenters. The summed E-state index contributed by atoms with van der Waals surface area (Å²) in [7, 11) is 1.91. The molecule has 1 aromatic carbocycles. The molecule has 0 saturated carbocycles. The third-order valence-corrected chi connectivity index (χ3v) is 4.91. The number of oxazole rings is 1. The van der Waals surface area contributed by atoms with Crippen molar-refractivity contribution in [2.24, 2.45) is 0 Å².